The molecule has 0 unspecified atom stereocenters. The Kier molecular flexibility index (Phi) is 4.24. The van der Waals surface area contributed by atoms with Gasteiger partial charge in [-0.2, -0.15) is 5.10 Å². The number of H-pyrrole nitrogens is 1. The number of amides is 1. The lowest BCUT2D eigenvalue weighted by atomic mass is 10.1. The average Bonchev–Trinajstić information content (AvgIpc) is 3.16. The molecule has 1 aromatic carbocycles. The topological polar surface area (TPSA) is 109 Å². The molecule has 0 aliphatic carbocycles. The molecule has 9 heteroatoms. The van der Waals surface area contributed by atoms with E-state index < -0.39 is 0 Å². The highest BCUT2D eigenvalue weighted by Crippen LogP contribution is 2.24. The molecule has 4 rings (SSSR count). The molecule has 3 heterocycles. The maximum atomic E-state index is 12.6. The Morgan fingerprint density at radius 1 is 1.15 bits per heavy atom. The molecule has 0 radical (unpaired) electrons. The Labute approximate surface area is 152 Å². The third-order valence-corrected chi connectivity index (χ3v) is 4.02. The smallest absolute Gasteiger partial charge is 0.253 e. The van der Waals surface area contributed by atoms with Gasteiger partial charge in [0.25, 0.3) is 5.91 Å². The van der Waals surface area contributed by atoms with Gasteiger partial charge in [-0.15, -0.1) is 0 Å². The zero-order valence-corrected chi connectivity index (χ0v) is 14.1. The predicted molar refractivity (Wildman–Crippen MR) is 95.3 cm³/mol. The van der Waals surface area contributed by atoms with E-state index in [0.29, 0.717) is 38.8 Å². The van der Waals surface area contributed by atoms with Crippen molar-refractivity contribution in [2.45, 2.75) is 6.54 Å². The minimum atomic E-state index is -0.314. The van der Waals surface area contributed by atoms with Crippen molar-refractivity contribution in [1.29, 1.82) is 0 Å². The zero-order valence-electron chi connectivity index (χ0n) is 13.3. The first-order chi connectivity index (χ1) is 12.7. The summed E-state index contributed by atoms with van der Waals surface area (Å²) in [6.07, 6.45) is 6.36. The Morgan fingerprint density at radius 2 is 2.08 bits per heavy atom. The van der Waals surface area contributed by atoms with Gasteiger partial charge in [0.05, 0.1) is 28.8 Å². The number of aromatic amines is 1. The fourth-order valence-electron chi connectivity index (χ4n) is 2.51. The first-order valence-electron chi connectivity index (χ1n) is 7.71. The molecule has 0 atom stereocenters. The van der Waals surface area contributed by atoms with E-state index in [9.17, 15) is 4.79 Å². The fraction of sp³-hybridized carbons (Fsp3) is 0.0588. The Morgan fingerprint density at radius 3 is 2.92 bits per heavy atom. The number of nitrogens with zero attached hydrogens (tertiary/aromatic N) is 5. The van der Waals surface area contributed by atoms with Gasteiger partial charge in [0.2, 0.25) is 5.82 Å². The average molecular weight is 366 g/mol. The maximum absolute atomic E-state index is 12.6. The van der Waals surface area contributed by atoms with E-state index in [0.717, 1.165) is 0 Å². The monoisotopic (exact) mass is 365 g/mol. The van der Waals surface area contributed by atoms with E-state index in [2.05, 4.69) is 35.5 Å². The molecule has 0 spiro atoms. The summed E-state index contributed by atoms with van der Waals surface area (Å²) >= 11 is 6.22. The number of rotatable bonds is 4. The van der Waals surface area contributed by atoms with Gasteiger partial charge in [-0.1, -0.05) is 17.7 Å². The van der Waals surface area contributed by atoms with Crippen LogP contribution >= 0.6 is 11.6 Å². The van der Waals surface area contributed by atoms with Crippen molar-refractivity contribution in [2.24, 2.45) is 0 Å². The highest BCUT2D eigenvalue weighted by molar-refractivity contribution is 6.35. The molecule has 4 aromatic rings. The Balaban J connectivity index is 1.53. The zero-order chi connectivity index (χ0) is 17.9. The standard InChI is InChI=1S/C17H12ClN7O/c18-11-3-4-12-10(2-1-5-20-12)15(11)17(26)22-9-14-23-16(25-24-14)13-8-19-6-7-21-13/h1-8H,9H2,(H,22,26)(H,23,24,25). The van der Waals surface area contributed by atoms with Crippen LogP contribution in [-0.2, 0) is 6.54 Å². The number of hydrogen-bond acceptors (Lipinski definition) is 6. The van der Waals surface area contributed by atoms with E-state index in [-0.39, 0.29) is 12.5 Å². The molecule has 1 amide bonds. The summed E-state index contributed by atoms with van der Waals surface area (Å²) in [5, 5.41) is 10.7. The molecule has 8 nitrogen and oxygen atoms in total. The van der Waals surface area contributed by atoms with Crippen molar-refractivity contribution in [3.63, 3.8) is 0 Å². The van der Waals surface area contributed by atoms with Crippen LogP contribution in [0, 0.1) is 0 Å². The SMILES string of the molecule is O=C(NCc1nc(-c2cnccn2)n[nH]1)c1c(Cl)ccc2ncccc12. The molecule has 128 valence electrons. The summed E-state index contributed by atoms with van der Waals surface area (Å²) in [5.41, 5.74) is 1.63. The summed E-state index contributed by atoms with van der Waals surface area (Å²) in [7, 11) is 0. The van der Waals surface area contributed by atoms with Crippen LogP contribution in [0.3, 0.4) is 0 Å². The van der Waals surface area contributed by atoms with E-state index in [1.165, 1.54) is 0 Å². The van der Waals surface area contributed by atoms with Crippen molar-refractivity contribution >= 4 is 28.4 Å². The molecule has 0 saturated carbocycles. The van der Waals surface area contributed by atoms with Gasteiger partial charge in [0.15, 0.2) is 0 Å². The fourth-order valence-corrected chi connectivity index (χ4v) is 2.76. The second-order valence-electron chi connectivity index (χ2n) is 5.37. The third-order valence-electron chi connectivity index (χ3n) is 3.70. The molecular formula is C17H12ClN7O. The lowest BCUT2D eigenvalue weighted by molar-refractivity contribution is 0.0951. The summed E-state index contributed by atoms with van der Waals surface area (Å²) < 4.78 is 0. The summed E-state index contributed by atoms with van der Waals surface area (Å²) in [6.45, 7) is 0.166. The maximum Gasteiger partial charge on any atom is 0.253 e. The second kappa shape index (κ2) is 6.85. The van der Waals surface area contributed by atoms with Gasteiger partial charge in [0, 0.05) is 24.0 Å². The first kappa shape index (κ1) is 16.1. The molecule has 2 N–H and O–H groups in total. The number of carbonyl (C=O) groups excluding carboxylic acids is 1. The van der Waals surface area contributed by atoms with Crippen LogP contribution in [0.2, 0.25) is 5.02 Å². The minimum absolute atomic E-state index is 0.166. The Hall–Kier alpha value is -3.39. The van der Waals surface area contributed by atoms with E-state index >= 15 is 0 Å². The van der Waals surface area contributed by atoms with Crippen LogP contribution in [0.5, 0.6) is 0 Å². The summed E-state index contributed by atoms with van der Waals surface area (Å²) in [4.78, 5) is 29.3. The number of aromatic nitrogens is 6. The molecule has 0 saturated heterocycles. The summed E-state index contributed by atoms with van der Waals surface area (Å²) in [5.74, 6) is 0.592. The van der Waals surface area contributed by atoms with Crippen LogP contribution < -0.4 is 5.32 Å². The molecular weight excluding hydrogens is 354 g/mol. The lowest BCUT2D eigenvalue weighted by Crippen LogP contribution is -2.24. The number of fused-ring (bicyclic) bond motifs is 1. The number of carbonyl (C=O) groups is 1. The van der Waals surface area contributed by atoms with Crippen LogP contribution in [0.4, 0.5) is 0 Å². The van der Waals surface area contributed by atoms with Crippen molar-refractivity contribution in [1.82, 2.24) is 35.5 Å². The number of hydrogen-bond donors (Lipinski definition) is 2. The molecule has 0 aliphatic rings. The van der Waals surface area contributed by atoms with Crippen molar-refractivity contribution in [3.8, 4) is 11.5 Å². The van der Waals surface area contributed by atoms with E-state index in [4.69, 9.17) is 11.6 Å². The van der Waals surface area contributed by atoms with Crippen LogP contribution in [0.25, 0.3) is 22.4 Å². The van der Waals surface area contributed by atoms with Gasteiger partial charge in [0.1, 0.15) is 11.5 Å². The van der Waals surface area contributed by atoms with Gasteiger partial charge in [-0.3, -0.25) is 19.9 Å². The minimum Gasteiger partial charge on any atom is -0.345 e. The van der Waals surface area contributed by atoms with Crippen LogP contribution in [0.1, 0.15) is 16.2 Å². The molecule has 0 bridgehead atoms. The lowest BCUT2D eigenvalue weighted by Gasteiger charge is -2.08. The predicted octanol–water partition coefficient (Wildman–Crippen LogP) is 2.39. The van der Waals surface area contributed by atoms with Crippen molar-refractivity contribution in [3.05, 3.63) is 65.5 Å². The van der Waals surface area contributed by atoms with Crippen molar-refractivity contribution < 1.29 is 4.79 Å². The quantitative estimate of drug-likeness (QED) is 0.574. The number of benzene rings is 1. The highest BCUT2D eigenvalue weighted by atomic mass is 35.5. The number of pyridine rings is 1. The van der Waals surface area contributed by atoms with Crippen LogP contribution in [0.15, 0.2) is 49.1 Å². The largest absolute Gasteiger partial charge is 0.345 e. The second-order valence-corrected chi connectivity index (χ2v) is 5.78. The normalized spacial score (nSPS) is 10.8. The molecule has 26 heavy (non-hydrogen) atoms. The van der Waals surface area contributed by atoms with Gasteiger partial charge >= 0.3 is 0 Å². The molecule has 0 aliphatic heterocycles. The Bertz CT molecular complexity index is 1080. The van der Waals surface area contributed by atoms with E-state index in [1.807, 2.05) is 6.07 Å². The summed E-state index contributed by atoms with van der Waals surface area (Å²) in [6, 6.07) is 7.01. The highest BCUT2D eigenvalue weighted by Gasteiger charge is 2.15. The first-order valence-corrected chi connectivity index (χ1v) is 8.09. The van der Waals surface area contributed by atoms with Gasteiger partial charge < -0.3 is 5.32 Å². The molecule has 3 aromatic heterocycles. The third kappa shape index (κ3) is 3.09. The van der Waals surface area contributed by atoms with E-state index in [1.54, 1.807) is 43.0 Å². The van der Waals surface area contributed by atoms with Gasteiger partial charge in [-0.25, -0.2) is 9.97 Å². The number of halogens is 1. The van der Waals surface area contributed by atoms with Crippen LogP contribution in [-0.4, -0.2) is 36.0 Å². The van der Waals surface area contributed by atoms with Gasteiger partial charge in [-0.05, 0) is 18.2 Å². The molecule has 0 fully saturated rings. The van der Waals surface area contributed by atoms with Crippen molar-refractivity contribution in [2.75, 3.05) is 0 Å². The number of nitrogens with one attached hydrogen (secondary N) is 2.